The van der Waals surface area contributed by atoms with E-state index in [1.807, 2.05) is 0 Å². The van der Waals surface area contributed by atoms with Gasteiger partial charge in [-0.25, -0.2) is 4.98 Å². The number of nitrogens with one attached hydrogen (secondary N) is 1. The van der Waals surface area contributed by atoms with Crippen LogP contribution in [0.15, 0.2) is 28.1 Å². The fraction of sp³-hybridized carbons (Fsp3) is 0.357. The lowest BCUT2D eigenvalue weighted by atomic mass is 10.1. The van der Waals surface area contributed by atoms with Crippen LogP contribution in [0.25, 0.3) is 10.6 Å². The first kappa shape index (κ1) is 12.3. The van der Waals surface area contributed by atoms with E-state index in [2.05, 4.69) is 51.7 Å². The molecule has 18 heavy (non-hydrogen) atoms. The van der Waals surface area contributed by atoms with E-state index in [9.17, 15) is 0 Å². The Hall–Kier alpha value is -0.710. The number of rotatable bonds is 2. The molecule has 1 saturated heterocycles. The number of hydrogen-bond acceptors (Lipinski definition) is 3. The van der Waals surface area contributed by atoms with Gasteiger partial charge in [-0.3, -0.25) is 0 Å². The highest BCUT2D eigenvalue weighted by molar-refractivity contribution is 9.10. The Morgan fingerprint density at radius 2 is 2.33 bits per heavy atom. The van der Waals surface area contributed by atoms with E-state index >= 15 is 0 Å². The summed E-state index contributed by atoms with van der Waals surface area (Å²) in [5.41, 5.74) is 3.71. The lowest BCUT2D eigenvalue weighted by Gasteiger charge is -2.06. The third-order valence-electron chi connectivity index (χ3n) is 3.37. The van der Waals surface area contributed by atoms with Gasteiger partial charge < -0.3 is 5.32 Å². The van der Waals surface area contributed by atoms with Crippen molar-refractivity contribution in [1.29, 1.82) is 0 Å². The molecule has 0 radical (unpaired) electrons. The molecule has 2 nitrogen and oxygen atoms in total. The molecule has 0 spiro atoms. The topological polar surface area (TPSA) is 24.9 Å². The first-order valence-electron chi connectivity index (χ1n) is 6.19. The van der Waals surface area contributed by atoms with Crippen LogP contribution in [-0.4, -0.2) is 11.5 Å². The van der Waals surface area contributed by atoms with Crippen molar-refractivity contribution >= 4 is 27.3 Å². The van der Waals surface area contributed by atoms with Crippen LogP contribution in [0.5, 0.6) is 0 Å². The number of aryl methyl sites for hydroxylation is 1. The molecule has 0 saturated carbocycles. The van der Waals surface area contributed by atoms with Gasteiger partial charge in [0.05, 0.1) is 11.7 Å². The highest BCUT2D eigenvalue weighted by Gasteiger charge is 2.19. The summed E-state index contributed by atoms with van der Waals surface area (Å²) in [6, 6.07) is 6.82. The zero-order valence-electron chi connectivity index (χ0n) is 10.2. The summed E-state index contributed by atoms with van der Waals surface area (Å²) in [7, 11) is 0. The van der Waals surface area contributed by atoms with Crippen molar-refractivity contribution in [1.82, 2.24) is 10.3 Å². The molecule has 1 fully saturated rings. The second-order valence-electron chi connectivity index (χ2n) is 4.69. The van der Waals surface area contributed by atoms with Crippen LogP contribution >= 0.6 is 27.3 Å². The Balaban J connectivity index is 1.94. The molecule has 4 heteroatoms. The smallest absolute Gasteiger partial charge is 0.123 e. The minimum absolute atomic E-state index is 0.461. The number of nitrogens with zero attached hydrogens (tertiary/aromatic N) is 1. The summed E-state index contributed by atoms with van der Waals surface area (Å²) in [5.74, 6) is 0. The number of halogens is 1. The molecule has 3 rings (SSSR count). The van der Waals surface area contributed by atoms with E-state index in [0.29, 0.717) is 6.04 Å². The van der Waals surface area contributed by atoms with Gasteiger partial charge in [-0.05, 0) is 44.0 Å². The van der Waals surface area contributed by atoms with Crippen molar-refractivity contribution in [2.75, 3.05) is 6.54 Å². The van der Waals surface area contributed by atoms with Crippen molar-refractivity contribution < 1.29 is 0 Å². The molecule has 1 N–H and O–H groups in total. The van der Waals surface area contributed by atoms with E-state index in [-0.39, 0.29) is 0 Å². The summed E-state index contributed by atoms with van der Waals surface area (Å²) in [6.45, 7) is 3.25. The molecule has 1 aromatic carbocycles. The van der Waals surface area contributed by atoms with E-state index in [0.717, 1.165) is 16.0 Å². The van der Waals surface area contributed by atoms with Crippen molar-refractivity contribution in [2.45, 2.75) is 25.8 Å². The molecular formula is C14H15BrN2S. The first-order valence-corrected chi connectivity index (χ1v) is 7.86. The summed E-state index contributed by atoms with van der Waals surface area (Å²) in [6.07, 6.45) is 2.47. The van der Waals surface area contributed by atoms with E-state index in [4.69, 9.17) is 4.98 Å². The normalized spacial score (nSPS) is 19.3. The highest BCUT2D eigenvalue weighted by Crippen LogP contribution is 2.32. The molecule has 1 aliphatic heterocycles. The largest absolute Gasteiger partial charge is 0.309 e. The molecule has 94 valence electrons. The molecule has 0 bridgehead atoms. The molecule has 1 aromatic heterocycles. The second-order valence-corrected chi connectivity index (χ2v) is 6.46. The molecule has 2 heterocycles. The van der Waals surface area contributed by atoms with Crippen LogP contribution in [0, 0.1) is 6.92 Å². The Labute approximate surface area is 120 Å². The molecule has 2 aromatic rings. The van der Waals surface area contributed by atoms with Gasteiger partial charge >= 0.3 is 0 Å². The average Bonchev–Trinajstić information content (AvgIpc) is 3.00. The van der Waals surface area contributed by atoms with Gasteiger partial charge in [0.25, 0.3) is 0 Å². The van der Waals surface area contributed by atoms with Gasteiger partial charge in [0.2, 0.25) is 0 Å². The Bertz CT molecular complexity index is 559. The van der Waals surface area contributed by atoms with Gasteiger partial charge in [-0.15, -0.1) is 11.3 Å². The lowest BCUT2D eigenvalue weighted by molar-refractivity contribution is 0.632. The lowest BCUT2D eigenvalue weighted by Crippen LogP contribution is -2.12. The number of aromatic nitrogens is 1. The minimum Gasteiger partial charge on any atom is -0.309 e. The van der Waals surface area contributed by atoms with Gasteiger partial charge in [0.1, 0.15) is 5.01 Å². The van der Waals surface area contributed by atoms with E-state index < -0.39 is 0 Å². The summed E-state index contributed by atoms with van der Waals surface area (Å²) < 4.78 is 1.11. The molecule has 1 unspecified atom stereocenters. The fourth-order valence-electron chi connectivity index (χ4n) is 2.33. The maximum atomic E-state index is 4.80. The Kier molecular flexibility index (Phi) is 3.50. The van der Waals surface area contributed by atoms with Crippen LogP contribution in [0.2, 0.25) is 0 Å². The minimum atomic E-state index is 0.461. The van der Waals surface area contributed by atoms with Crippen molar-refractivity contribution in [3.05, 3.63) is 39.3 Å². The highest BCUT2D eigenvalue weighted by atomic mass is 79.9. The Morgan fingerprint density at radius 3 is 3.11 bits per heavy atom. The first-order chi connectivity index (χ1) is 8.74. The van der Waals surface area contributed by atoms with E-state index in [1.54, 1.807) is 11.3 Å². The maximum absolute atomic E-state index is 4.80. The van der Waals surface area contributed by atoms with Crippen molar-refractivity contribution in [3.8, 4) is 10.6 Å². The number of thiazole rings is 1. The Morgan fingerprint density at radius 1 is 1.44 bits per heavy atom. The quantitative estimate of drug-likeness (QED) is 0.891. The van der Waals surface area contributed by atoms with Crippen LogP contribution in [0.4, 0.5) is 0 Å². The van der Waals surface area contributed by atoms with Gasteiger partial charge in [-0.1, -0.05) is 22.0 Å². The summed E-state index contributed by atoms with van der Waals surface area (Å²) in [5, 5.41) is 6.81. The number of hydrogen-bond donors (Lipinski definition) is 1. The molecule has 0 aliphatic carbocycles. The molecule has 0 amide bonds. The van der Waals surface area contributed by atoms with E-state index in [1.165, 1.54) is 29.7 Å². The van der Waals surface area contributed by atoms with Gasteiger partial charge in [-0.2, -0.15) is 0 Å². The second kappa shape index (κ2) is 5.11. The summed E-state index contributed by atoms with van der Waals surface area (Å²) >= 11 is 5.27. The predicted molar refractivity (Wildman–Crippen MR) is 80.0 cm³/mol. The maximum Gasteiger partial charge on any atom is 0.123 e. The third kappa shape index (κ3) is 2.37. The third-order valence-corrected chi connectivity index (χ3v) is 4.76. The zero-order chi connectivity index (χ0) is 12.5. The monoisotopic (exact) mass is 322 g/mol. The standard InChI is InChI=1S/C14H15BrN2S/c1-9-4-5-10(15)7-11(9)14-17-13(8-18-14)12-3-2-6-16-12/h4-5,7-8,12,16H,2-3,6H2,1H3. The van der Waals surface area contributed by atoms with Crippen LogP contribution in [0.3, 0.4) is 0 Å². The molecular weight excluding hydrogens is 308 g/mol. The van der Waals surface area contributed by atoms with Gasteiger partial charge in [0, 0.05) is 15.4 Å². The van der Waals surface area contributed by atoms with Crippen LogP contribution < -0.4 is 5.32 Å². The molecule has 1 atom stereocenters. The predicted octanol–water partition coefficient (Wildman–Crippen LogP) is 4.31. The van der Waals surface area contributed by atoms with Crippen LogP contribution in [-0.2, 0) is 0 Å². The van der Waals surface area contributed by atoms with Crippen LogP contribution in [0.1, 0.15) is 30.1 Å². The van der Waals surface area contributed by atoms with Crippen molar-refractivity contribution in [2.24, 2.45) is 0 Å². The fourth-order valence-corrected chi connectivity index (χ4v) is 3.65. The average molecular weight is 323 g/mol. The zero-order valence-corrected chi connectivity index (χ0v) is 12.6. The summed E-state index contributed by atoms with van der Waals surface area (Å²) in [4.78, 5) is 4.80. The SMILES string of the molecule is Cc1ccc(Br)cc1-c1nc(C2CCCN2)cs1. The number of benzene rings is 1. The van der Waals surface area contributed by atoms with Gasteiger partial charge in [0.15, 0.2) is 0 Å². The van der Waals surface area contributed by atoms with Crippen molar-refractivity contribution in [3.63, 3.8) is 0 Å². The molecule has 1 aliphatic rings.